The molecule has 0 aliphatic rings. The zero-order valence-electron chi connectivity index (χ0n) is 22.8. The van der Waals surface area contributed by atoms with E-state index in [1.807, 2.05) is 0 Å². The number of aliphatic carboxylic acids is 2. The normalized spacial score (nSPS) is 13.5. The first-order chi connectivity index (χ1) is 19.7. The summed E-state index contributed by atoms with van der Waals surface area (Å²) in [5, 5.41) is 35.1. The number of carbonyl (C=O) groups excluding carboxylic acids is 4. The maximum Gasteiger partial charge on any atom is 0.326 e. The number of benzene rings is 1. The van der Waals surface area contributed by atoms with Crippen LogP contribution in [0.1, 0.15) is 44.1 Å². The number of nitrogens with zero attached hydrogens (tertiary/aromatic N) is 1. The van der Waals surface area contributed by atoms with Crippen molar-refractivity contribution < 1.29 is 44.1 Å². The molecule has 232 valence electrons. The second-order valence-electron chi connectivity index (χ2n) is 9.39. The van der Waals surface area contributed by atoms with Gasteiger partial charge in [-0.2, -0.15) is 0 Å². The standard InChI is InChI=1S/C25H38N8O9/c26-15(2-1-11-30-25(28)29)21(38)31-17(8-10-20(36)37)22(39)32-16(7-9-19(27)35)23(40)33-18(24(41)42)12-13-3-5-14(34)6-4-13/h3-6,15-18,34H,1-2,7-12,26H2,(H2,27,35)(H,31,38)(H,32,39)(H,33,40)(H,36,37)(H,41,42)(H4,28,29,30). The van der Waals surface area contributed by atoms with Crippen molar-refractivity contribution in [3.8, 4) is 5.75 Å². The van der Waals surface area contributed by atoms with Crippen LogP contribution in [0, 0.1) is 0 Å². The van der Waals surface area contributed by atoms with Gasteiger partial charge in [0.05, 0.1) is 6.04 Å². The molecular formula is C25H38N8O9. The van der Waals surface area contributed by atoms with Gasteiger partial charge in [-0.15, -0.1) is 0 Å². The third-order valence-corrected chi connectivity index (χ3v) is 5.89. The van der Waals surface area contributed by atoms with Gasteiger partial charge in [0.25, 0.3) is 0 Å². The Kier molecular flexibility index (Phi) is 14.8. The molecule has 0 aliphatic heterocycles. The van der Waals surface area contributed by atoms with E-state index in [-0.39, 0.29) is 50.4 Å². The predicted octanol–water partition coefficient (Wildman–Crippen LogP) is -3.02. The number of carbonyl (C=O) groups is 6. The van der Waals surface area contributed by atoms with Crippen LogP contribution in [0.2, 0.25) is 0 Å². The summed E-state index contributed by atoms with van der Waals surface area (Å²) in [5.74, 6) is -6.33. The molecule has 4 unspecified atom stereocenters. The highest BCUT2D eigenvalue weighted by molar-refractivity contribution is 5.94. The first-order valence-corrected chi connectivity index (χ1v) is 12.9. The maximum atomic E-state index is 13.1. The zero-order chi connectivity index (χ0) is 31.8. The van der Waals surface area contributed by atoms with Crippen LogP contribution in [0.15, 0.2) is 29.3 Å². The summed E-state index contributed by atoms with van der Waals surface area (Å²) in [6.45, 7) is 0.201. The zero-order valence-corrected chi connectivity index (χ0v) is 22.8. The minimum atomic E-state index is -1.47. The lowest BCUT2D eigenvalue weighted by atomic mass is 10.0. The molecule has 17 nitrogen and oxygen atoms in total. The fourth-order valence-corrected chi connectivity index (χ4v) is 3.63. The van der Waals surface area contributed by atoms with Crippen molar-refractivity contribution in [2.45, 2.75) is 69.1 Å². The van der Waals surface area contributed by atoms with Crippen LogP contribution in [0.5, 0.6) is 5.75 Å². The van der Waals surface area contributed by atoms with E-state index in [2.05, 4.69) is 20.9 Å². The summed E-state index contributed by atoms with van der Waals surface area (Å²) in [6.07, 6.45) is -1.26. The van der Waals surface area contributed by atoms with E-state index in [4.69, 9.17) is 28.0 Å². The summed E-state index contributed by atoms with van der Waals surface area (Å²) in [5.41, 5.74) is 22.0. The van der Waals surface area contributed by atoms with Crippen LogP contribution in [0.25, 0.3) is 0 Å². The van der Waals surface area contributed by atoms with Crippen molar-refractivity contribution in [3.05, 3.63) is 29.8 Å². The van der Waals surface area contributed by atoms with Gasteiger partial charge in [-0.25, -0.2) is 4.79 Å². The second kappa shape index (κ2) is 17.7. The minimum absolute atomic E-state index is 0.0414. The van der Waals surface area contributed by atoms with Crippen molar-refractivity contribution in [2.24, 2.45) is 27.9 Å². The van der Waals surface area contributed by atoms with E-state index in [9.17, 15) is 39.0 Å². The van der Waals surface area contributed by atoms with E-state index >= 15 is 0 Å². The van der Waals surface area contributed by atoms with E-state index in [0.29, 0.717) is 12.0 Å². The second-order valence-corrected chi connectivity index (χ2v) is 9.39. The van der Waals surface area contributed by atoms with Gasteiger partial charge < -0.3 is 54.2 Å². The summed E-state index contributed by atoms with van der Waals surface area (Å²) < 4.78 is 0. The molecule has 14 N–H and O–H groups in total. The molecule has 0 radical (unpaired) electrons. The van der Waals surface area contributed by atoms with Gasteiger partial charge in [-0.3, -0.25) is 29.0 Å². The van der Waals surface area contributed by atoms with Crippen LogP contribution in [-0.2, 0) is 35.2 Å². The molecule has 17 heteroatoms. The smallest absolute Gasteiger partial charge is 0.326 e. The minimum Gasteiger partial charge on any atom is -0.508 e. The lowest BCUT2D eigenvalue weighted by molar-refractivity contribution is -0.142. The molecule has 1 aromatic rings. The molecule has 0 fully saturated rings. The number of nitrogens with one attached hydrogen (secondary N) is 3. The Hall–Kier alpha value is -4.93. The van der Waals surface area contributed by atoms with Crippen molar-refractivity contribution in [1.29, 1.82) is 0 Å². The number of aliphatic imine (C=N–C) groups is 1. The van der Waals surface area contributed by atoms with Gasteiger partial charge in [0.2, 0.25) is 23.6 Å². The van der Waals surface area contributed by atoms with Crippen molar-refractivity contribution >= 4 is 41.5 Å². The lowest BCUT2D eigenvalue weighted by Crippen LogP contribution is -2.57. The Morgan fingerprint density at radius 2 is 1.29 bits per heavy atom. The fourth-order valence-electron chi connectivity index (χ4n) is 3.63. The Bertz CT molecular complexity index is 1140. The SMILES string of the molecule is NC(=O)CCC(NC(=O)C(CCC(=O)O)NC(=O)C(N)CCCN=C(N)N)C(=O)NC(Cc1ccc(O)cc1)C(=O)O. The Balaban J connectivity index is 3.03. The molecule has 0 saturated heterocycles. The molecule has 0 aromatic heterocycles. The monoisotopic (exact) mass is 594 g/mol. The van der Waals surface area contributed by atoms with Crippen LogP contribution in [0.4, 0.5) is 0 Å². The first kappa shape index (κ1) is 35.1. The Morgan fingerprint density at radius 3 is 1.79 bits per heavy atom. The predicted molar refractivity (Wildman–Crippen MR) is 148 cm³/mol. The number of carboxylic acid groups (broad SMARTS) is 2. The maximum absolute atomic E-state index is 13.1. The molecule has 0 bridgehead atoms. The van der Waals surface area contributed by atoms with E-state index in [1.165, 1.54) is 24.3 Å². The molecule has 4 atom stereocenters. The molecule has 0 saturated carbocycles. The summed E-state index contributed by atoms with van der Waals surface area (Å²) in [7, 11) is 0. The highest BCUT2D eigenvalue weighted by Crippen LogP contribution is 2.12. The number of aromatic hydroxyl groups is 1. The quantitative estimate of drug-likeness (QED) is 0.0435. The van der Waals surface area contributed by atoms with Crippen molar-refractivity contribution in [2.75, 3.05) is 6.54 Å². The van der Waals surface area contributed by atoms with Gasteiger partial charge in [0.1, 0.15) is 23.9 Å². The van der Waals surface area contributed by atoms with Gasteiger partial charge in [0.15, 0.2) is 5.96 Å². The number of primary amides is 1. The highest BCUT2D eigenvalue weighted by atomic mass is 16.4. The van der Waals surface area contributed by atoms with Crippen LogP contribution in [-0.4, -0.2) is 87.6 Å². The van der Waals surface area contributed by atoms with Crippen LogP contribution >= 0.6 is 0 Å². The van der Waals surface area contributed by atoms with E-state index in [0.717, 1.165) is 0 Å². The first-order valence-electron chi connectivity index (χ1n) is 12.9. The molecule has 0 spiro atoms. The fraction of sp³-hybridized carbons (Fsp3) is 0.480. The molecule has 1 rings (SSSR count). The van der Waals surface area contributed by atoms with Gasteiger partial charge in [0, 0.05) is 25.8 Å². The largest absolute Gasteiger partial charge is 0.508 e. The Labute approximate surface area is 241 Å². The molecule has 1 aromatic carbocycles. The van der Waals surface area contributed by atoms with Crippen molar-refractivity contribution in [3.63, 3.8) is 0 Å². The number of phenolic OH excluding ortho intramolecular Hbond substituents is 1. The highest BCUT2D eigenvalue weighted by Gasteiger charge is 2.31. The number of amides is 4. The Morgan fingerprint density at radius 1 is 0.762 bits per heavy atom. The lowest BCUT2D eigenvalue weighted by Gasteiger charge is -2.25. The number of carboxylic acids is 2. The van der Waals surface area contributed by atoms with E-state index in [1.54, 1.807) is 0 Å². The molecular weight excluding hydrogens is 556 g/mol. The number of hydrogen-bond acceptors (Lipinski definition) is 9. The third-order valence-electron chi connectivity index (χ3n) is 5.89. The van der Waals surface area contributed by atoms with Crippen LogP contribution < -0.4 is 38.9 Å². The van der Waals surface area contributed by atoms with Gasteiger partial charge >= 0.3 is 11.9 Å². The molecule has 0 heterocycles. The molecule has 4 amide bonds. The average molecular weight is 595 g/mol. The summed E-state index contributed by atoms with van der Waals surface area (Å²) in [6, 6.07) is 0.161. The molecule has 42 heavy (non-hydrogen) atoms. The van der Waals surface area contributed by atoms with Crippen LogP contribution in [0.3, 0.4) is 0 Å². The number of guanidine groups is 1. The van der Waals surface area contributed by atoms with Crippen molar-refractivity contribution in [1.82, 2.24) is 16.0 Å². The number of phenols is 1. The average Bonchev–Trinajstić information content (AvgIpc) is 2.91. The topological polar surface area (TPSA) is 316 Å². The number of nitrogens with two attached hydrogens (primary N) is 4. The van der Waals surface area contributed by atoms with Gasteiger partial charge in [-0.1, -0.05) is 12.1 Å². The van der Waals surface area contributed by atoms with Gasteiger partial charge in [-0.05, 0) is 43.4 Å². The van der Waals surface area contributed by atoms with E-state index < -0.39 is 66.2 Å². The number of hydrogen-bond donors (Lipinski definition) is 10. The third kappa shape index (κ3) is 13.9. The summed E-state index contributed by atoms with van der Waals surface area (Å²) >= 11 is 0. The summed E-state index contributed by atoms with van der Waals surface area (Å²) in [4.78, 5) is 76.9. The number of rotatable bonds is 19. The molecule has 0 aliphatic carbocycles.